The molecule has 6 nitrogen and oxygen atoms in total. The van der Waals surface area contributed by atoms with Gasteiger partial charge in [-0.3, -0.25) is 15.5 Å². The lowest BCUT2D eigenvalue weighted by Gasteiger charge is -2.48. The van der Waals surface area contributed by atoms with Gasteiger partial charge in [0.2, 0.25) is 5.91 Å². The average Bonchev–Trinajstić information content (AvgIpc) is 2.50. The molecule has 1 aromatic rings. The highest BCUT2D eigenvalue weighted by molar-refractivity contribution is 6.31. The third kappa shape index (κ3) is 3.88. The zero-order valence-electron chi connectivity index (χ0n) is 14.2. The summed E-state index contributed by atoms with van der Waals surface area (Å²) < 4.78 is 0. The number of carbonyl (C=O) groups excluding carboxylic acids is 1. The van der Waals surface area contributed by atoms with E-state index in [2.05, 4.69) is 34.4 Å². The van der Waals surface area contributed by atoms with Crippen LogP contribution in [0.5, 0.6) is 0 Å². The molecule has 0 aliphatic carbocycles. The molecule has 0 spiro atoms. The van der Waals surface area contributed by atoms with Crippen LogP contribution in [0.25, 0.3) is 0 Å². The number of hydrogen-bond acceptors (Lipinski definition) is 5. The van der Waals surface area contributed by atoms with Crippen molar-refractivity contribution in [3.8, 4) is 0 Å². The highest BCUT2D eigenvalue weighted by Gasteiger charge is 2.35. The minimum atomic E-state index is -0.115. The summed E-state index contributed by atoms with van der Waals surface area (Å²) in [7, 11) is 1.67. The van der Waals surface area contributed by atoms with E-state index in [0.29, 0.717) is 11.6 Å². The molecule has 1 amide bonds. The first-order valence-corrected chi connectivity index (χ1v) is 8.13. The van der Waals surface area contributed by atoms with Gasteiger partial charge in [-0.25, -0.2) is 0 Å². The van der Waals surface area contributed by atoms with Gasteiger partial charge in [0.05, 0.1) is 12.2 Å². The largest absolute Gasteiger partial charge is 0.368 e. The molecular formula is C16H26ClN5O. The lowest BCUT2D eigenvalue weighted by molar-refractivity contribution is -0.123. The number of rotatable bonds is 4. The van der Waals surface area contributed by atoms with E-state index in [1.807, 2.05) is 19.1 Å². The van der Waals surface area contributed by atoms with E-state index < -0.39 is 0 Å². The maximum absolute atomic E-state index is 11.7. The fourth-order valence-electron chi connectivity index (χ4n) is 3.08. The molecule has 4 N–H and O–H groups in total. The molecule has 0 aromatic heterocycles. The van der Waals surface area contributed by atoms with Gasteiger partial charge in [-0.05, 0) is 38.5 Å². The van der Waals surface area contributed by atoms with Gasteiger partial charge in [-0.1, -0.05) is 11.6 Å². The van der Waals surface area contributed by atoms with Gasteiger partial charge in [-0.2, -0.15) is 0 Å². The minimum absolute atomic E-state index is 0.0417. The number of piperazine rings is 1. The van der Waals surface area contributed by atoms with Crippen LogP contribution in [0.1, 0.15) is 19.4 Å². The van der Waals surface area contributed by atoms with Crippen molar-refractivity contribution in [2.45, 2.75) is 26.3 Å². The monoisotopic (exact) mass is 339 g/mol. The summed E-state index contributed by atoms with van der Waals surface area (Å²) in [4.78, 5) is 16.2. The van der Waals surface area contributed by atoms with E-state index in [0.717, 1.165) is 36.6 Å². The first kappa shape index (κ1) is 17.8. The predicted octanol–water partition coefficient (Wildman–Crippen LogP) is 1.58. The molecule has 0 saturated carbocycles. The Kier molecular flexibility index (Phi) is 5.39. The van der Waals surface area contributed by atoms with Gasteiger partial charge in [0.15, 0.2) is 0 Å². The van der Waals surface area contributed by atoms with E-state index in [1.165, 1.54) is 0 Å². The third-order valence-corrected chi connectivity index (χ3v) is 4.75. The van der Waals surface area contributed by atoms with Crippen LogP contribution in [0.3, 0.4) is 0 Å². The van der Waals surface area contributed by atoms with E-state index in [4.69, 9.17) is 17.4 Å². The number of anilines is 2. The Bertz CT molecular complexity index is 590. The quantitative estimate of drug-likeness (QED) is 0.574. The highest BCUT2D eigenvalue weighted by atomic mass is 35.5. The van der Waals surface area contributed by atoms with Crippen LogP contribution >= 0.6 is 11.6 Å². The number of nitrogens with two attached hydrogens (primary N) is 1. The Hall–Kier alpha value is -1.50. The molecular weight excluding hydrogens is 314 g/mol. The fourth-order valence-corrected chi connectivity index (χ4v) is 3.30. The highest BCUT2D eigenvalue weighted by Crippen LogP contribution is 2.33. The zero-order chi connectivity index (χ0) is 17.2. The van der Waals surface area contributed by atoms with Crippen LogP contribution in [0.15, 0.2) is 12.1 Å². The van der Waals surface area contributed by atoms with Gasteiger partial charge >= 0.3 is 0 Å². The molecule has 0 bridgehead atoms. The van der Waals surface area contributed by atoms with Crippen molar-refractivity contribution in [1.29, 1.82) is 0 Å². The lowest BCUT2D eigenvalue weighted by atomic mass is 9.97. The lowest BCUT2D eigenvalue weighted by Crippen LogP contribution is -2.61. The fraction of sp³-hybridized carbons (Fsp3) is 0.562. The van der Waals surface area contributed by atoms with Crippen LogP contribution in [0.4, 0.5) is 11.4 Å². The van der Waals surface area contributed by atoms with Gasteiger partial charge < -0.3 is 15.6 Å². The Morgan fingerprint density at radius 2 is 2.09 bits per heavy atom. The maximum atomic E-state index is 11.7. The summed E-state index contributed by atoms with van der Waals surface area (Å²) in [6, 6.07) is 3.80. The number of hydrazine groups is 1. The van der Waals surface area contributed by atoms with Crippen molar-refractivity contribution < 1.29 is 4.79 Å². The molecule has 0 unspecified atom stereocenters. The van der Waals surface area contributed by atoms with Crippen LogP contribution < -0.4 is 21.5 Å². The van der Waals surface area contributed by atoms with Crippen LogP contribution in [-0.4, -0.2) is 49.6 Å². The normalized spacial score (nSPS) is 17.9. The molecule has 1 saturated heterocycles. The number of benzene rings is 1. The third-order valence-electron chi connectivity index (χ3n) is 4.53. The second kappa shape index (κ2) is 6.95. The second-order valence-corrected chi connectivity index (χ2v) is 7.01. The number of likely N-dealkylation sites (N-methyl/N-ethyl adjacent to an activating group) is 1. The minimum Gasteiger partial charge on any atom is -0.368 e. The second-order valence-electron chi connectivity index (χ2n) is 6.57. The summed E-state index contributed by atoms with van der Waals surface area (Å²) in [5.74, 6) is 5.63. The van der Waals surface area contributed by atoms with E-state index in [-0.39, 0.29) is 11.4 Å². The van der Waals surface area contributed by atoms with E-state index >= 15 is 0 Å². The Labute approximate surface area is 142 Å². The standard InChI is InChI=1S/C16H26ClN5O/c1-11-13(20-18)7-12(17)8-14(11)21-5-6-22(9-15(23)19-4)16(2,3)10-21/h7-8,20H,5-6,9-10,18H2,1-4H3,(H,19,23). The molecule has 1 aliphatic rings. The van der Waals surface area contributed by atoms with Crippen LogP contribution in [0.2, 0.25) is 5.02 Å². The Morgan fingerprint density at radius 1 is 1.39 bits per heavy atom. The molecule has 0 atom stereocenters. The van der Waals surface area contributed by atoms with Gasteiger partial charge in [0.25, 0.3) is 0 Å². The summed E-state index contributed by atoms with van der Waals surface area (Å²) in [6.45, 7) is 9.24. The first-order valence-electron chi connectivity index (χ1n) is 7.76. The number of hydrogen-bond donors (Lipinski definition) is 3. The van der Waals surface area contributed by atoms with Gasteiger partial charge in [0, 0.05) is 42.9 Å². The number of nitrogens with zero attached hydrogens (tertiary/aromatic N) is 2. The predicted molar refractivity (Wildman–Crippen MR) is 95.9 cm³/mol. The van der Waals surface area contributed by atoms with Crippen molar-refractivity contribution >= 4 is 28.9 Å². The van der Waals surface area contributed by atoms with Crippen LogP contribution in [-0.2, 0) is 4.79 Å². The van der Waals surface area contributed by atoms with Crippen molar-refractivity contribution in [3.63, 3.8) is 0 Å². The number of nitrogen functional groups attached to an aromatic ring is 1. The molecule has 1 aliphatic heterocycles. The summed E-state index contributed by atoms with van der Waals surface area (Å²) in [5, 5.41) is 3.35. The first-order chi connectivity index (χ1) is 10.8. The number of carbonyl (C=O) groups is 1. The molecule has 7 heteroatoms. The summed E-state index contributed by atoms with van der Waals surface area (Å²) >= 11 is 6.22. The van der Waals surface area contributed by atoms with E-state index in [9.17, 15) is 4.79 Å². The van der Waals surface area contributed by atoms with Crippen molar-refractivity contribution in [1.82, 2.24) is 10.2 Å². The zero-order valence-corrected chi connectivity index (χ0v) is 15.0. The molecule has 1 fully saturated rings. The Morgan fingerprint density at radius 3 is 2.65 bits per heavy atom. The van der Waals surface area contributed by atoms with Gasteiger partial charge in [0.1, 0.15) is 0 Å². The smallest absolute Gasteiger partial charge is 0.233 e. The van der Waals surface area contributed by atoms with Crippen LogP contribution in [0, 0.1) is 6.92 Å². The van der Waals surface area contributed by atoms with E-state index in [1.54, 1.807) is 7.05 Å². The number of halogens is 1. The van der Waals surface area contributed by atoms with Crippen molar-refractivity contribution in [2.75, 3.05) is 43.6 Å². The SMILES string of the molecule is CNC(=O)CN1CCN(c2cc(Cl)cc(NN)c2C)CC1(C)C. The summed E-state index contributed by atoms with van der Waals surface area (Å²) in [6.07, 6.45) is 0. The summed E-state index contributed by atoms with van der Waals surface area (Å²) in [5.41, 5.74) is 5.58. The Balaban J connectivity index is 2.22. The average molecular weight is 340 g/mol. The van der Waals surface area contributed by atoms with Crippen molar-refractivity contribution in [3.05, 3.63) is 22.7 Å². The molecule has 0 radical (unpaired) electrons. The molecule has 1 heterocycles. The topological polar surface area (TPSA) is 73.6 Å². The molecule has 1 aromatic carbocycles. The maximum Gasteiger partial charge on any atom is 0.233 e. The molecule has 2 rings (SSSR count). The number of amides is 1. The van der Waals surface area contributed by atoms with Crippen molar-refractivity contribution in [2.24, 2.45) is 5.84 Å². The number of nitrogens with one attached hydrogen (secondary N) is 2. The van der Waals surface area contributed by atoms with Gasteiger partial charge in [-0.15, -0.1) is 0 Å². The molecule has 23 heavy (non-hydrogen) atoms. The molecule has 128 valence electrons.